The van der Waals surface area contributed by atoms with E-state index in [1.807, 2.05) is 19.9 Å². The summed E-state index contributed by atoms with van der Waals surface area (Å²) >= 11 is 0. The van der Waals surface area contributed by atoms with Crippen LogP contribution in [0.4, 0.5) is 0 Å². The van der Waals surface area contributed by atoms with Gasteiger partial charge in [0.2, 0.25) is 5.78 Å². The first-order valence-electron chi connectivity index (χ1n) is 11.4. The van der Waals surface area contributed by atoms with E-state index in [0.29, 0.717) is 24.0 Å². The molecule has 0 heterocycles. The molecule has 9 heteroatoms. The number of benzene rings is 1. The minimum Gasteiger partial charge on any atom is -0.508 e. The number of phenols is 1. The van der Waals surface area contributed by atoms with Crippen LogP contribution in [0.2, 0.25) is 0 Å². The number of aromatic hydroxyl groups is 1. The van der Waals surface area contributed by atoms with Crippen molar-refractivity contribution in [1.82, 2.24) is 4.90 Å². The third-order valence-electron chi connectivity index (χ3n) is 7.54. The average molecular weight is 471 g/mol. The number of carbonyl (C=O) groups is 3. The molecule has 4 atom stereocenters. The molecule has 3 aliphatic carbocycles. The van der Waals surface area contributed by atoms with Gasteiger partial charge in [-0.15, -0.1) is 0 Å². The Bertz CT molecular complexity index is 1200. The predicted octanol–water partition coefficient (Wildman–Crippen LogP) is 1.22. The minimum atomic E-state index is -2.61. The van der Waals surface area contributed by atoms with E-state index in [0.717, 1.165) is 12.0 Å². The molecule has 0 bridgehead atoms. The summed E-state index contributed by atoms with van der Waals surface area (Å²) in [5.74, 6) is -6.28. The van der Waals surface area contributed by atoms with Gasteiger partial charge in [0, 0.05) is 11.5 Å². The number of aliphatic hydroxyl groups is 3. The van der Waals surface area contributed by atoms with Gasteiger partial charge in [-0.2, -0.15) is 0 Å². The van der Waals surface area contributed by atoms with Crippen molar-refractivity contribution in [1.29, 1.82) is 0 Å². The van der Waals surface area contributed by atoms with Crippen LogP contribution >= 0.6 is 0 Å². The Morgan fingerprint density at radius 3 is 2.44 bits per heavy atom. The molecule has 1 aromatic rings. The number of hydrogen-bond acceptors (Lipinski definition) is 8. The van der Waals surface area contributed by atoms with Crippen molar-refractivity contribution in [2.45, 2.75) is 51.2 Å². The van der Waals surface area contributed by atoms with Crippen molar-refractivity contribution in [3.05, 3.63) is 45.2 Å². The number of Topliss-reactive ketones (excluding diaryl/α,β-unsaturated/α-hetero) is 2. The van der Waals surface area contributed by atoms with Crippen molar-refractivity contribution in [3.8, 4) is 5.75 Å². The molecule has 1 saturated carbocycles. The van der Waals surface area contributed by atoms with Gasteiger partial charge in [-0.3, -0.25) is 19.3 Å². The molecule has 3 unspecified atom stereocenters. The molecule has 0 spiro atoms. The number of likely N-dealkylation sites (N-methyl/N-ethyl adjacent to an activating group) is 1. The van der Waals surface area contributed by atoms with Crippen molar-refractivity contribution >= 4 is 23.2 Å². The van der Waals surface area contributed by atoms with E-state index in [1.165, 1.54) is 4.90 Å². The van der Waals surface area contributed by atoms with Crippen LogP contribution in [0.3, 0.4) is 0 Å². The van der Waals surface area contributed by atoms with Gasteiger partial charge in [0.1, 0.15) is 22.8 Å². The number of aliphatic hydroxyl groups excluding tert-OH is 2. The molecule has 1 aromatic carbocycles. The molecule has 1 fully saturated rings. The van der Waals surface area contributed by atoms with E-state index in [-0.39, 0.29) is 23.3 Å². The van der Waals surface area contributed by atoms with Gasteiger partial charge >= 0.3 is 0 Å². The summed E-state index contributed by atoms with van der Waals surface area (Å²) in [6, 6.07) is 0.788. The van der Waals surface area contributed by atoms with Gasteiger partial charge in [-0.1, -0.05) is 19.4 Å². The number of nitrogens with zero attached hydrogens (tertiary/aromatic N) is 1. The molecule has 3 aliphatic rings. The second kappa shape index (κ2) is 7.95. The smallest absolute Gasteiger partial charge is 0.255 e. The van der Waals surface area contributed by atoms with Crippen LogP contribution < -0.4 is 5.73 Å². The van der Waals surface area contributed by atoms with Crippen LogP contribution in [0, 0.1) is 18.8 Å². The minimum absolute atomic E-state index is 0.0860. The molecule has 6 N–H and O–H groups in total. The first kappa shape index (κ1) is 24.0. The molecular weight excluding hydrogens is 440 g/mol. The van der Waals surface area contributed by atoms with Crippen LogP contribution in [-0.4, -0.2) is 68.5 Å². The summed E-state index contributed by atoms with van der Waals surface area (Å²) in [5.41, 5.74) is 4.12. The maximum Gasteiger partial charge on any atom is 0.255 e. The number of hydrogen-bond donors (Lipinski definition) is 5. The zero-order chi connectivity index (χ0) is 25.3. The van der Waals surface area contributed by atoms with E-state index in [9.17, 15) is 34.8 Å². The van der Waals surface area contributed by atoms with Crippen LogP contribution in [0.15, 0.2) is 23.0 Å². The quantitative estimate of drug-likeness (QED) is 0.411. The monoisotopic (exact) mass is 470 g/mol. The molecule has 34 heavy (non-hydrogen) atoms. The molecule has 0 aliphatic heterocycles. The third-order valence-corrected chi connectivity index (χ3v) is 7.54. The summed E-state index contributed by atoms with van der Waals surface area (Å²) < 4.78 is 0. The van der Waals surface area contributed by atoms with E-state index in [4.69, 9.17) is 5.73 Å². The van der Waals surface area contributed by atoms with Crippen molar-refractivity contribution in [3.63, 3.8) is 0 Å². The average Bonchev–Trinajstić information content (AvgIpc) is 2.74. The number of amides is 1. The fourth-order valence-corrected chi connectivity index (χ4v) is 6.03. The third kappa shape index (κ3) is 3.03. The largest absolute Gasteiger partial charge is 0.508 e. The number of rotatable bonds is 4. The number of nitrogens with two attached hydrogens (primary N) is 1. The number of fused-ring (bicyclic) bond motifs is 3. The van der Waals surface area contributed by atoms with Gasteiger partial charge in [0.15, 0.2) is 11.4 Å². The predicted molar refractivity (Wildman–Crippen MR) is 123 cm³/mol. The van der Waals surface area contributed by atoms with Gasteiger partial charge in [0.05, 0.1) is 11.6 Å². The van der Waals surface area contributed by atoms with Crippen LogP contribution in [0.1, 0.15) is 42.0 Å². The molecule has 0 saturated heterocycles. The SMILES string of the molecule is CCCc1cc(C)c2c(c1O)C(O)=C1C(=O)[C@@]3(O)C(O)=C(C(N)=O)C(=O)C(N(C)C)C3CC1C2. The van der Waals surface area contributed by atoms with E-state index in [2.05, 4.69) is 0 Å². The van der Waals surface area contributed by atoms with Gasteiger partial charge in [-0.25, -0.2) is 0 Å². The van der Waals surface area contributed by atoms with E-state index >= 15 is 0 Å². The molecular formula is C25H30N2O7. The Kier molecular flexibility index (Phi) is 5.61. The van der Waals surface area contributed by atoms with E-state index in [1.54, 1.807) is 14.1 Å². The first-order chi connectivity index (χ1) is 15.9. The lowest BCUT2D eigenvalue weighted by Crippen LogP contribution is -2.65. The number of carbonyl (C=O) groups excluding carboxylic acids is 3. The van der Waals surface area contributed by atoms with Gasteiger partial charge < -0.3 is 26.2 Å². The fraction of sp³-hybridized carbons (Fsp3) is 0.480. The number of primary amides is 1. The Balaban J connectivity index is 1.98. The van der Waals surface area contributed by atoms with E-state index < -0.39 is 58.0 Å². The molecule has 0 aromatic heterocycles. The lowest BCUT2D eigenvalue weighted by molar-refractivity contribution is -0.153. The number of aryl methyl sites for hydroxylation is 2. The summed E-state index contributed by atoms with van der Waals surface area (Å²) in [6.07, 6.45) is 1.73. The maximum atomic E-state index is 13.8. The van der Waals surface area contributed by atoms with Crippen LogP contribution in [0.25, 0.3) is 5.76 Å². The maximum absolute atomic E-state index is 13.8. The zero-order valence-electron chi connectivity index (χ0n) is 19.7. The van der Waals surface area contributed by atoms with Crippen molar-refractivity contribution in [2.75, 3.05) is 14.1 Å². The zero-order valence-corrected chi connectivity index (χ0v) is 19.7. The van der Waals surface area contributed by atoms with Gasteiger partial charge in [0.25, 0.3) is 5.91 Å². The molecule has 9 nitrogen and oxygen atoms in total. The topological polar surface area (TPSA) is 161 Å². The Morgan fingerprint density at radius 1 is 1.24 bits per heavy atom. The van der Waals surface area contributed by atoms with Crippen molar-refractivity contribution in [2.24, 2.45) is 17.6 Å². The lowest BCUT2D eigenvalue weighted by atomic mass is 9.57. The van der Waals surface area contributed by atoms with Gasteiger partial charge in [-0.05, 0) is 62.9 Å². The highest BCUT2D eigenvalue weighted by Gasteiger charge is 2.64. The highest BCUT2D eigenvalue weighted by Crippen LogP contribution is 2.53. The molecule has 182 valence electrons. The normalized spacial score (nSPS) is 28.7. The van der Waals surface area contributed by atoms with Crippen molar-refractivity contribution < 1.29 is 34.8 Å². The Labute approximate surface area is 197 Å². The highest BCUT2D eigenvalue weighted by atomic mass is 16.3. The van der Waals surface area contributed by atoms with Crippen LogP contribution in [-0.2, 0) is 27.2 Å². The summed E-state index contributed by atoms with van der Waals surface area (Å²) in [7, 11) is 3.15. The Hall–Kier alpha value is -3.17. The lowest BCUT2D eigenvalue weighted by Gasteiger charge is -2.50. The summed E-state index contributed by atoms with van der Waals surface area (Å²) in [6.45, 7) is 3.83. The standard InChI is InChI=1S/C25H30N2O7/c1-5-6-11-7-10(2)13-8-12-9-14-18(27(3)4)21(30)17(24(26)33)23(32)25(14,34)22(31)15(12)20(29)16(13)19(11)28/h7,12,14,18,28-29,32,34H,5-6,8-9H2,1-4H3,(H2,26,33)/t12?,14?,18?,25-/m1/s1. The summed E-state index contributed by atoms with van der Waals surface area (Å²) in [5, 5.41) is 44.6. The summed E-state index contributed by atoms with van der Waals surface area (Å²) in [4.78, 5) is 40.3. The Morgan fingerprint density at radius 2 is 1.88 bits per heavy atom. The number of phenolic OH excluding ortho intramolecular Hbond substituents is 1. The first-order valence-corrected chi connectivity index (χ1v) is 11.4. The highest BCUT2D eigenvalue weighted by molar-refractivity contribution is 6.24. The molecule has 4 rings (SSSR count). The molecule has 1 amide bonds. The fourth-order valence-electron chi connectivity index (χ4n) is 6.03. The second-order valence-electron chi connectivity index (χ2n) is 9.77. The van der Waals surface area contributed by atoms with Crippen LogP contribution in [0.5, 0.6) is 5.75 Å². The second-order valence-corrected chi connectivity index (χ2v) is 9.77. The number of ketones is 2. The molecule has 0 radical (unpaired) electrons.